The van der Waals surface area contributed by atoms with Gasteiger partial charge in [0.1, 0.15) is 0 Å². The molecule has 0 aromatic heterocycles. The van der Waals surface area contributed by atoms with Gasteiger partial charge in [-0.05, 0) is 25.8 Å². The molecule has 2 fully saturated rings. The number of halogens is 1. The van der Waals surface area contributed by atoms with E-state index in [1.807, 2.05) is 6.92 Å². The van der Waals surface area contributed by atoms with Crippen LogP contribution < -0.4 is 10.5 Å². The van der Waals surface area contributed by atoms with Gasteiger partial charge in [-0.25, -0.2) is 5.14 Å². The van der Waals surface area contributed by atoms with Gasteiger partial charge < -0.3 is 10.2 Å². The quantitative estimate of drug-likeness (QED) is 0.716. The second-order valence-electron chi connectivity index (χ2n) is 5.20. The van der Waals surface area contributed by atoms with Gasteiger partial charge in [-0.3, -0.25) is 4.79 Å². The number of hydrogen-bond acceptors (Lipinski definition) is 4. The lowest BCUT2D eigenvalue weighted by Gasteiger charge is -2.38. The molecule has 0 aromatic rings. The lowest BCUT2D eigenvalue weighted by atomic mass is 9.92. The summed E-state index contributed by atoms with van der Waals surface area (Å²) in [5.74, 6) is 0.0987. The van der Waals surface area contributed by atoms with Crippen LogP contribution in [0.3, 0.4) is 0 Å². The van der Waals surface area contributed by atoms with Crippen molar-refractivity contribution in [3.63, 3.8) is 0 Å². The molecule has 0 aromatic carbocycles. The number of nitrogens with zero attached hydrogens (tertiary/aromatic N) is 2. The Kier molecular flexibility index (Phi) is 5.79. The van der Waals surface area contributed by atoms with Crippen LogP contribution in [0.15, 0.2) is 0 Å². The second kappa shape index (κ2) is 6.57. The van der Waals surface area contributed by atoms with Crippen molar-refractivity contribution in [3.8, 4) is 0 Å². The van der Waals surface area contributed by atoms with Gasteiger partial charge in [0.05, 0.1) is 5.54 Å². The number of nitrogens with one attached hydrogen (secondary N) is 1. The summed E-state index contributed by atoms with van der Waals surface area (Å²) in [4.78, 5) is 14.3. The highest BCUT2D eigenvalue weighted by atomic mass is 35.5. The molecule has 20 heavy (non-hydrogen) atoms. The minimum Gasteiger partial charge on any atom is -0.338 e. The molecule has 0 saturated carbocycles. The Morgan fingerprint density at radius 1 is 1.30 bits per heavy atom. The molecule has 118 valence electrons. The summed E-state index contributed by atoms with van der Waals surface area (Å²) in [6, 6.07) is 0. The van der Waals surface area contributed by atoms with Crippen LogP contribution in [0.5, 0.6) is 0 Å². The highest BCUT2D eigenvalue weighted by Gasteiger charge is 2.42. The highest BCUT2D eigenvalue weighted by molar-refractivity contribution is 7.86. The van der Waals surface area contributed by atoms with Crippen LogP contribution in [0.2, 0.25) is 0 Å². The Labute approximate surface area is 126 Å². The SMILES string of the molecule is CCC1(C(=O)N2CCN(S(N)(=O)=O)CC2)CCCN1.Cl. The maximum Gasteiger partial charge on any atom is 0.277 e. The highest BCUT2D eigenvalue weighted by Crippen LogP contribution is 2.26. The summed E-state index contributed by atoms with van der Waals surface area (Å²) < 4.78 is 23.7. The Hall–Kier alpha value is -0.410. The third-order valence-electron chi connectivity index (χ3n) is 4.14. The molecule has 2 aliphatic heterocycles. The van der Waals surface area contributed by atoms with Crippen molar-refractivity contribution in [2.45, 2.75) is 31.7 Å². The van der Waals surface area contributed by atoms with Gasteiger partial charge >= 0.3 is 0 Å². The number of piperazine rings is 1. The van der Waals surface area contributed by atoms with Gasteiger partial charge in [0.2, 0.25) is 5.91 Å². The molecule has 2 heterocycles. The molecule has 1 atom stereocenters. The normalized spacial score (nSPS) is 28.2. The summed E-state index contributed by atoms with van der Waals surface area (Å²) in [6.07, 6.45) is 2.63. The number of amides is 1. The minimum absolute atomic E-state index is 0. The van der Waals surface area contributed by atoms with E-state index in [0.717, 1.165) is 25.8 Å². The van der Waals surface area contributed by atoms with Crippen LogP contribution in [0, 0.1) is 0 Å². The van der Waals surface area contributed by atoms with Crippen molar-refractivity contribution in [1.29, 1.82) is 0 Å². The van der Waals surface area contributed by atoms with Crippen molar-refractivity contribution in [3.05, 3.63) is 0 Å². The van der Waals surface area contributed by atoms with Gasteiger partial charge in [-0.2, -0.15) is 12.7 Å². The molecular formula is C11H23ClN4O3S. The fraction of sp³-hybridized carbons (Fsp3) is 0.909. The van der Waals surface area contributed by atoms with Gasteiger partial charge in [0.25, 0.3) is 10.2 Å². The fourth-order valence-electron chi connectivity index (χ4n) is 2.89. The molecule has 0 spiro atoms. The Morgan fingerprint density at radius 2 is 1.90 bits per heavy atom. The van der Waals surface area contributed by atoms with Crippen LogP contribution in [0.1, 0.15) is 26.2 Å². The van der Waals surface area contributed by atoms with E-state index in [2.05, 4.69) is 5.32 Å². The molecule has 7 nitrogen and oxygen atoms in total. The zero-order valence-electron chi connectivity index (χ0n) is 11.7. The monoisotopic (exact) mass is 326 g/mol. The number of nitrogens with two attached hydrogens (primary N) is 1. The van der Waals surface area contributed by atoms with E-state index in [0.29, 0.717) is 13.1 Å². The molecular weight excluding hydrogens is 304 g/mol. The summed E-state index contributed by atoms with van der Waals surface area (Å²) in [6.45, 7) is 4.28. The molecule has 0 radical (unpaired) electrons. The topological polar surface area (TPSA) is 95.7 Å². The zero-order chi connectivity index (χ0) is 14.1. The first kappa shape index (κ1) is 17.6. The molecule has 2 rings (SSSR count). The van der Waals surface area contributed by atoms with E-state index in [4.69, 9.17) is 5.14 Å². The first-order chi connectivity index (χ1) is 8.89. The third-order valence-corrected chi connectivity index (χ3v) is 5.23. The molecule has 2 saturated heterocycles. The van der Waals surface area contributed by atoms with Crippen molar-refractivity contribution in [1.82, 2.24) is 14.5 Å². The standard InChI is InChI=1S/C11H22N4O3S.ClH/c1-2-11(4-3-5-13-11)10(16)14-6-8-15(9-7-14)19(12,17)18;/h13H,2-9H2,1H3,(H2,12,17,18);1H. The lowest BCUT2D eigenvalue weighted by molar-refractivity contribution is -0.139. The molecule has 1 unspecified atom stereocenters. The second-order valence-corrected chi connectivity index (χ2v) is 6.75. The molecule has 0 bridgehead atoms. The summed E-state index contributed by atoms with van der Waals surface area (Å²) in [7, 11) is -3.64. The largest absolute Gasteiger partial charge is 0.338 e. The Morgan fingerprint density at radius 3 is 2.30 bits per heavy atom. The fourth-order valence-corrected chi connectivity index (χ4v) is 3.56. The number of carbonyl (C=O) groups excluding carboxylic acids is 1. The van der Waals surface area contributed by atoms with E-state index >= 15 is 0 Å². The maximum absolute atomic E-state index is 12.6. The first-order valence-corrected chi connectivity index (χ1v) is 8.22. The van der Waals surface area contributed by atoms with E-state index in [-0.39, 0.29) is 31.4 Å². The Balaban J connectivity index is 0.00000200. The third kappa shape index (κ3) is 3.43. The lowest BCUT2D eigenvalue weighted by Crippen LogP contribution is -2.60. The molecule has 3 N–H and O–H groups in total. The summed E-state index contributed by atoms with van der Waals surface area (Å²) in [5.41, 5.74) is -0.441. The van der Waals surface area contributed by atoms with Gasteiger partial charge in [-0.15, -0.1) is 12.4 Å². The van der Waals surface area contributed by atoms with E-state index in [1.54, 1.807) is 4.90 Å². The Bertz CT molecular complexity index is 443. The van der Waals surface area contributed by atoms with Gasteiger partial charge in [0.15, 0.2) is 0 Å². The number of rotatable bonds is 3. The predicted molar refractivity (Wildman–Crippen MR) is 78.8 cm³/mol. The first-order valence-electron chi connectivity index (χ1n) is 6.71. The van der Waals surface area contributed by atoms with Crippen LogP contribution in [-0.4, -0.2) is 61.8 Å². The average Bonchev–Trinajstić information content (AvgIpc) is 2.87. The summed E-state index contributed by atoms with van der Waals surface area (Å²) in [5, 5.41) is 8.40. The van der Waals surface area contributed by atoms with Crippen LogP contribution in [-0.2, 0) is 15.0 Å². The van der Waals surface area contributed by atoms with Crippen LogP contribution in [0.4, 0.5) is 0 Å². The average molecular weight is 327 g/mol. The molecule has 2 aliphatic rings. The van der Waals surface area contributed by atoms with Gasteiger partial charge in [-0.1, -0.05) is 6.92 Å². The predicted octanol–water partition coefficient (Wildman–Crippen LogP) is -0.712. The van der Waals surface area contributed by atoms with Crippen molar-refractivity contribution < 1.29 is 13.2 Å². The van der Waals surface area contributed by atoms with Crippen molar-refractivity contribution in [2.75, 3.05) is 32.7 Å². The smallest absolute Gasteiger partial charge is 0.277 e. The van der Waals surface area contributed by atoms with Crippen LogP contribution >= 0.6 is 12.4 Å². The van der Waals surface area contributed by atoms with Crippen molar-refractivity contribution >= 4 is 28.5 Å². The zero-order valence-corrected chi connectivity index (χ0v) is 13.3. The van der Waals surface area contributed by atoms with Crippen LogP contribution in [0.25, 0.3) is 0 Å². The molecule has 9 heteroatoms. The van der Waals surface area contributed by atoms with E-state index < -0.39 is 15.7 Å². The maximum atomic E-state index is 12.6. The van der Waals surface area contributed by atoms with Crippen molar-refractivity contribution in [2.24, 2.45) is 5.14 Å². The van der Waals surface area contributed by atoms with E-state index in [9.17, 15) is 13.2 Å². The molecule has 1 amide bonds. The number of hydrogen-bond donors (Lipinski definition) is 2. The number of carbonyl (C=O) groups is 1. The minimum atomic E-state index is -3.64. The molecule has 0 aliphatic carbocycles. The van der Waals surface area contributed by atoms with E-state index in [1.165, 1.54) is 4.31 Å². The summed E-state index contributed by atoms with van der Waals surface area (Å²) >= 11 is 0. The van der Waals surface area contributed by atoms with Gasteiger partial charge in [0, 0.05) is 26.2 Å².